The van der Waals surface area contributed by atoms with Crippen molar-refractivity contribution in [3.63, 3.8) is 0 Å². The van der Waals surface area contributed by atoms with E-state index in [9.17, 15) is 9.59 Å². The molecule has 0 saturated heterocycles. The standard InChI is InChI=1S/C30H33N5O8S/c1-38-20-9-7-19(8-10-20)32-27(36)17-44-30-34-33-26(35(30)22-15-21(39-2)11-12-23(22)40-3)16-31-29(37)18-13-24(41-4)28(43-6)25(14-18)42-5/h7-15H,16-17H2,1-6H3,(H,31,37)(H,32,36). The van der Waals surface area contributed by atoms with E-state index in [1.54, 1.807) is 73.4 Å². The van der Waals surface area contributed by atoms with Crippen LogP contribution in [-0.4, -0.2) is 75.0 Å². The Morgan fingerprint density at radius 2 is 1.39 bits per heavy atom. The van der Waals surface area contributed by atoms with Gasteiger partial charge in [0.15, 0.2) is 22.5 Å². The molecule has 0 aliphatic heterocycles. The Balaban J connectivity index is 1.60. The van der Waals surface area contributed by atoms with E-state index in [1.165, 1.54) is 40.2 Å². The summed E-state index contributed by atoms with van der Waals surface area (Å²) >= 11 is 1.17. The number of aromatic nitrogens is 3. The average Bonchev–Trinajstić information content (AvgIpc) is 3.47. The van der Waals surface area contributed by atoms with Gasteiger partial charge in [0.1, 0.15) is 17.2 Å². The lowest BCUT2D eigenvalue weighted by Crippen LogP contribution is -2.25. The van der Waals surface area contributed by atoms with Crippen LogP contribution < -0.4 is 39.1 Å². The van der Waals surface area contributed by atoms with E-state index in [0.717, 1.165) is 0 Å². The average molecular weight is 624 g/mol. The summed E-state index contributed by atoms with van der Waals surface area (Å²) in [5.74, 6) is 2.57. The first-order valence-electron chi connectivity index (χ1n) is 13.2. The molecule has 0 saturated carbocycles. The van der Waals surface area contributed by atoms with Gasteiger partial charge in [-0.2, -0.15) is 0 Å². The van der Waals surface area contributed by atoms with Crippen molar-refractivity contribution < 1.29 is 38.0 Å². The van der Waals surface area contributed by atoms with E-state index in [0.29, 0.717) is 56.9 Å². The summed E-state index contributed by atoms with van der Waals surface area (Å²) in [6.07, 6.45) is 0. The number of nitrogens with zero attached hydrogens (tertiary/aromatic N) is 3. The number of hydrogen-bond donors (Lipinski definition) is 2. The van der Waals surface area contributed by atoms with Gasteiger partial charge in [-0.05, 0) is 48.5 Å². The maximum absolute atomic E-state index is 13.2. The van der Waals surface area contributed by atoms with Crippen LogP contribution in [0.4, 0.5) is 5.69 Å². The van der Waals surface area contributed by atoms with E-state index in [4.69, 9.17) is 28.4 Å². The van der Waals surface area contributed by atoms with Crippen LogP contribution in [0, 0.1) is 0 Å². The molecule has 2 amide bonds. The van der Waals surface area contributed by atoms with Crippen LogP contribution >= 0.6 is 11.8 Å². The zero-order chi connectivity index (χ0) is 31.6. The van der Waals surface area contributed by atoms with E-state index in [2.05, 4.69) is 20.8 Å². The van der Waals surface area contributed by atoms with Gasteiger partial charge >= 0.3 is 0 Å². The van der Waals surface area contributed by atoms with Crippen molar-refractivity contribution in [1.82, 2.24) is 20.1 Å². The molecule has 1 heterocycles. The number of rotatable bonds is 14. The predicted octanol–water partition coefficient (Wildman–Crippen LogP) is 3.98. The smallest absolute Gasteiger partial charge is 0.251 e. The maximum atomic E-state index is 13.2. The molecule has 0 aliphatic carbocycles. The minimum atomic E-state index is -0.413. The fraction of sp³-hybridized carbons (Fsp3) is 0.267. The SMILES string of the molecule is COc1ccc(NC(=O)CSc2nnc(CNC(=O)c3cc(OC)c(OC)c(OC)c3)n2-c2cc(OC)ccc2OC)cc1. The van der Waals surface area contributed by atoms with Gasteiger partial charge in [0, 0.05) is 17.3 Å². The minimum absolute atomic E-state index is 0.0124. The van der Waals surface area contributed by atoms with E-state index < -0.39 is 5.91 Å². The Morgan fingerprint density at radius 1 is 0.750 bits per heavy atom. The number of hydrogen-bond acceptors (Lipinski definition) is 11. The van der Waals surface area contributed by atoms with Crippen LogP contribution in [0.1, 0.15) is 16.2 Å². The van der Waals surface area contributed by atoms with E-state index in [1.807, 2.05) is 0 Å². The molecule has 0 radical (unpaired) electrons. The quantitative estimate of drug-likeness (QED) is 0.197. The highest BCUT2D eigenvalue weighted by Gasteiger charge is 2.22. The highest BCUT2D eigenvalue weighted by atomic mass is 32.2. The summed E-state index contributed by atoms with van der Waals surface area (Å²) < 4.78 is 34.0. The molecule has 2 N–H and O–H groups in total. The summed E-state index contributed by atoms with van der Waals surface area (Å²) in [6.45, 7) is -0.0124. The van der Waals surface area contributed by atoms with Crippen molar-refractivity contribution in [3.8, 4) is 40.2 Å². The Labute approximate surface area is 258 Å². The third kappa shape index (κ3) is 7.26. The number of anilines is 1. The molecule has 4 aromatic rings. The lowest BCUT2D eigenvalue weighted by atomic mass is 10.1. The van der Waals surface area contributed by atoms with Crippen LogP contribution in [0.5, 0.6) is 34.5 Å². The molecule has 0 unspecified atom stereocenters. The molecule has 0 bridgehead atoms. The van der Waals surface area contributed by atoms with Gasteiger partial charge in [-0.1, -0.05) is 11.8 Å². The van der Waals surface area contributed by atoms with Crippen molar-refractivity contribution in [1.29, 1.82) is 0 Å². The first-order valence-corrected chi connectivity index (χ1v) is 14.2. The van der Waals surface area contributed by atoms with Crippen LogP contribution in [0.25, 0.3) is 5.69 Å². The second-order valence-corrected chi connectivity index (χ2v) is 9.88. The molecule has 13 nitrogen and oxygen atoms in total. The largest absolute Gasteiger partial charge is 0.497 e. The monoisotopic (exact) mass is 623 g/mol. The van der Waals surface area contributed by atoms with E-state index in [-0.39, 0.29) is 23.8 Å². The second kappa shape index (κ2) is 14.9. The van der Waals surface area contributed by atoms with Crippen LogP contribution in [0.3, 0.4) is 0 Å². The summed E-state index contributed by atoms with van der Waals surface area (Å²) in [5.41, 5.74) is 1.48. The van der Waals surface area contributed by atoms with Gasteiger partial charge in [-0.3, -0.25) is 14.2 Å². The maximum Gasteiger partial charge on any atom is 0.251 e. The summed E-state index contributed by atoms with van der Waals surface area (Å²) in [7, 11) is 9.09. The molecule has 0 spiro atoms. The molecule has 0 fully saturated rings. The number of carbonyl (C=O) groups is 2. The number of thioether (sulfide) groups is 1. The number of methoxy groups -OCH3 is 6. The molecule has 3 aromatic carbocycles. The number of nitrogens with one attached hydrogen (secondary N) is 2. The fourth-order valence-electron chi connectivity index (χ4n) is 4.20. The number of amides is 2. The predicted molar refractivity (Wildman–Crippen MR) is 164 cm³/mol. The van der Waals surface area contributed by atoms with Crippen molar-refractivity contribution in [3.05, 3.63) is 66.0 Å². The third-order valence-corrected chi connectivity index (χ3v) is 7.30. The van der Waals surface area contributed by atoms with Gasteiger partial charge in [-0.25, -0.2) is 0 Å². The molecule has 1 aromatic heterocycles. The molecular weight excluding hydrogens is 590 g/mol. The summed E-state index contributed by atoms with van der Waals surface area (Å²) in [6, 6.07) is 15.4. The Kier molecular flexibility index (Phi) is 10.8. The topological polar surface area (TPSA) is 144 Å². The number of ether oxygens (including phenoxy) is 6. The van der Waals surface area contributed by atoms with Crippen molar-refractivity contribution in [2.24, 2.45) is 0 Å². The molecule has 14 heteroatoms. The lowest BCUT2D eigenvalue weighted by molar-refractivity contribution is -0.113. The molecule has 232 valence electrons. The minimum Gasteiger partial charge on any atom is -0.497 e. The van der Waals surface area contributed by atoms with E-state index >= 15 is 0 Å². The zero-order valence-electron chi connectivity index (χ0n) is 25.1. The van der Waals surface area contributed by atoms with Gasteiger partial charge < -0.3 is 39.1 Å². The van der Waals surface area contributed by atoms with Crippen molar-refractivity contribution in [2.45, 2.75) is 11.7 Å². The zero-order valence-corrected chi connectivity index (χ0v) is 25.9. The van der Waals surface area contributed by atoms with Gasteiger partial charge in [0.25, 0.3) is 5.91 Å². The fourth-order valence-corrected chi connectivity index (χ4v) is 4.96. The van der Waals surface area contributed by atoms with Crippen LogP contribution in [0.15, 0.2) is 59.8 Å². The third-order valence-electron chi connectivity index (χ3n) is 6.37. The first-order chi connectivity index (χ1) is 21.3. The second-order valence-electron chi connectivity index (χ2n) is 8.93. The normalized spacial score (nSPS) is 10.5. The number of benzene rings is 3. The number of carbonyl (C=O) groups excluding carboxylic acids is 2. The Morgan fingerprint density at radius 3 is 1.98 bits per heavy atom. The summed E-state index contributed by atoms with van der Waals surface area (Å²) in [4.78, 5) is 26.0. The molecule has 0 aliphatic rings. The molecular formula is C30H33N5O8S. The van der Waals surface area contributed by atoms with Gasteiger partial charge in [0.05, 0.1) is 60.6 Å². The van der Waals surface area contributed by atoms with Gasteiger partial charge in [0.2, 0.25) is 11.7 Å². The Bertz CT molecular complexity index is 1580. The highest BCUT2D eigenvalue weighted by molar-refractivity contribution is 7.99. The molecule has 44 heavy (non-hydrogen) atoms. The lowest BCUT2D eigenvalue weighted by Gasteiger charge is -2.16. The molecule has 4 rings (SSSR count). The van der Waals surface area contributed by atoms with Crippen LogP contribution in [0.2, 0.25) is 0 Å². The van der Waals surface area contributed by atoms with Gasteiger partial charge in [-0.15, -0.1) is 10.2 Å². The van der Waals surface area contributed by atoms with Crippen molar-refractivity contribution in [2.75, 3.05) is 53.7 Å². The van der Waals surface area contributed by atoms with Crippen molar-refractivity contribution >= 4 is 29.3 Å². The molecule has 0 atom stereocenters. The highest BCUT2D eigenvalue weighted by Crippen LogP contribution is 2.38. The summed E-state index contributed by atoms with van der Waals surface area (Å²) in [5, 5.41) is 14.8. The van der Waals surface area contributed by atoms with Crippen LogP contribution in [-0.2, 0) is 11.3 Å². The first kappa shape index (κ1) is 31.8. The Hall–Kier alpha value is -5.11.